The minimum absolute atomic E-state index is 0.485. The van der Waals surface area contributed by atoms with Crippen LogP contribution in [0.2, 0.25) is 5.15 Å². The summed E-state index contributed by atoms with van der Waals surface area (Å²) < 4.78 is 11.1. The molecule has 1 N–H and O–H groups in total. The predicted molar refractivity (Wildman–Crippen MR) is 140 cm³/mol. The van der Waals surface area contributed by atoms with Crippen LogP contribution in [-0.2, 0) is 4.74 Å². The summed E-state index contributed by atoms with van der Waals surface area (Å²) in [5.41, 5.74) is 1.78. The molecular weight excluding hydrogens is 478 g/mol. The highest BCUT2D eigenvalue weighted by atomic mass is 35.5. The number of fused-ring (bicyclic) bond motifs is 2. The molecule has 0 radical (unpaired) electrons. The van der Waals surface area contributed by atoms with Gasteiger partial charge in [0.1, 0.15) is 29.2 Å². The number of carbonyl (C=O) groups is 1. The summed E-state index contributed by atoms with van der Waals surface area (Å²) in [6, 6.07) is 22.3. The summed E-state index contributed by atoms with van der Waals surface area (Å²) in [5, 5.41) is 4.92. The fourth-order valence-corrected chi connectivity index (χ4v) is 3.38. The van der Waals surface area contributed by atoms with Crippen molar-refractivity contribution in [2.75, 3.05) is 5.32 Å². The average Bonchev–Trinajstić information content (AvgIpc) is 2.85. The van der Waals surface area contributed by atoms with Crippen molar-refractivity contribution in [1.29, 1.82) is 0 Å². The molecule has 9 heteroatoms. The molecule has 182 valence electrons. The third-order valence-corrected chi connectivity index (χ3v) is 5.02. The zero-order valence-corrected chi connectivity index (χ0v) is 20.7. The maximum absolute atomic E-state index is 11.8. The van der Waals surface area contributed by atoms with E-state index in [4.69, 9.17) is 21.1 Å². The Hall–Kier alpha value is -4.30. The van der Waals surface area contributed by atoms with Crippen LogP contribution in [0.5, 0.6) is 11.6 Å². The van der Waals surface area contributed by atoms with E-state index in [1.165, 1.54) is 12.7 Å². The highest BCUT2D eigenvalue weighted by molar-refractivity contribution is 6.33. The smallest absolute Gasteiger partial charge is 0.412 e. The van der Waals surface area contributed by atoms with Crippen molar-refractivity contribution in [2.24, 2.45) is 0 Å². The average molecular weight is 502 g/mol. The van der Waals surface area contributed by atoms with Crippen molar-refractivity contribution in [3.05, 3.63) is 90.6 Å². The van der Waals surface area contributed by atoms with E-state index in [9.17, 15) is 4.79 Å². The molecule has 0 saturated carbocycles. The Morgan fingerprint density at radius 1 is 0.778 bits per heavy atom. The number of rotatable bonds is 3. The fraction of sp³-hybridized carbons (Fsp3) is 0.148. The standard InChI is InChI=1S/C19H19N3O3.C8H5ClN2/c1-19(2,3)25-18(23)22-13-8-10-14(11-9-13)24-17-15-6-4-5-7-16(15)20-12-21-17;9-8-6-3-1-2-4-7(6)10-5-11-8/h4-12H,1-3H3,(H,22,23);1-5H. The number of benzene rings is 3. The lowest BCUT2D eigenvalue weighted by Crippen LogP contribution is -2.27. The Kier molecular flexibility index (Phi) is 7.56. The third-order valence-electron chi connectivity index (χ3n) is 4.71. The number of aromatic nitrogens is 4. The van der Waals surface area contributed by atoms with E-state index in [0.717, 1.165) is 21.8 Å². The van der Waals surface area contributed by atoms with Gasteiger partial charge in [0.05, 0.1) is 16.4 Å². The van der Waals surface area contributed by atoms with Crippen molar-refractivity contribution in [3.63, 3.8) is 0 Å². The van der Waals surface area contributed by atoms with Crippen LogP contribution in [0.15, 0.2) is 85.5 Å². The third kappa shape index (κ3) is 6.64. The Morgan fingerprint density at radius 3 is 2.00 bits per heavy atom. The first-order chi connectivity index (χ1) is 17.3. The van der Waals surface area contributed by atoms with E-state index in [1.54, 1.807) is 24.3 Å². The number of hydrogen-bond acceptors (Lipinski definition) is 7. The first-order valence-corrected chi connectivity index (χ1v) is 11.5. The summed E-state index contributed by atoms with van der Waals surface area (Å²) in [7, 11) is 0. The van der Waals surface area contributed by atoms with E-state index in [1.807, 2.05) is 69.3 Å². The topological polar surface area (TPSA) is 99.1 Å². The number of para-hydroxylation sites is 2. The summed E-state index contributed by atoms with van der Waals surface area (Å²) >= 11 is 5.81. The van der Waals surface area contributed by atoms with Gasteiger partial charge in [-0.15, -0.1) is 0 Å². The zero-order valence-electron chi connectivity index (χ0n) is 20.0. The molecule has 3 aromatic carbocycles. The normalized spacial score (nSPS) is 10.9. The monoisotopic (exact) mass is 501 g/mol. The van der Waals surface area contributed by atoms with Gasteiger partial charge in [-0.3, -0.25) is 5.32 Å². The maximum atomic E-state index is 11.8. The lowest BCUT2D eigenvalue weighted by atomic mass is 10.2. The second-order valence-electron chi connectivity index (χ2n) is 8.63. The SMILES string of the molecule is CC(C)(C)OC(=O)Nc1ccc(Oc2ncnc3ccccc23)cc1.Clc1ncnc2ccccc12. The van der Waals surface area contributed by atoms with Gasteiger partial charge in [-0.1, -0.05) is 35.9 Å². The lowest BCUT2D eigenvalue weighted by molar-refractivity contribution is 0.0636. The van der Waals surface area contributed by atoms with Gasteiger partial charge in [0.25, 0.3) is 0 Å². The Bertz CT molecular complexity index is 1480. The lowest BCUT2D eigenvalue weighted by Gasteiger charge is -2.19. The minimum atomic E-state index is -0.540. The zero-order chi connectivity index (χ0) is 25.5. The van der Waals surface area contributed by atoms with Crippen LogP contribution >= 0.6 is 11.6 Å². The van der Waals surface area contributed by atoms with Crippen LogP contribution < -0.4 is 10.1 Å². The van der Waals surface area contributed by atoms with Gasteiger partial charge in [0.15, 0.2) is 0 Å². The number of nitrogens with zero attached hydrogens (tertiary/aromatic N) is 4. The molecule has 0 spiro atoms. The molecule has 0 bridgehead atoms. The van der Waals surface area contributed by atoms with Gasteiger partial charge in [-0.25, -0.2) is 24.7 Å². The highest BCUT2D eigenvalue weighted by Gasteiger charge is 2.16. The molecule has 1 amide bonds. The number of nitrogens with one attached hydrogen (secondary N) is 1. The molecule has 0 unspecified atom stereocenters. The quantitative estimate of drug-likeness (QED) is 0.264. The summed E-state index contributed by atoms with van der Waals surface area (Å²) in [5.74, 6) is 1.09. The van der Waals surface area contributed by atoms with Crippen molar-refractivity contribution in [3.8, 4) is 11.6 Å². The Morgan fingerprint density at radius 2 is 1.36 bits per heavy atom. The molecule has 0 saturated heterocycles. The molecule has 0 aliphatic rings. The van der Waals surface area contributed by atoms with E-state index in [-0.39, 0.29) is 0 Å². The number of carbonyl (C=O) groups excluding carboxylic acids is 1. The summed E-state index contributed by atoms with van der Waals surface area (Å²) in [6.45, 7) is 5.45. The van der Waals surface area contributed by atoms with Crippen LogP contribution in [0.3, 0.4) is 0 Å². The fourth-order valence-electron chi connectivity index (χ4n) is 3.17. The first-order valence-electron chi connectivity index (χ1n) is 11.1. The van der Waals surface area contributed by atoms with E-state index >= 15 is 0 Å². The molecule has 2 heterocycles. The molecule has 8 nitrogen and oxygen atoms in total. The van der Waals surface area contributed by atoms with Crippen molar-refractivity contribution in [1.82, 2.24) is 19.9 Å². The van der Waals surface area contributed by atoms with Crippen LogP contribution in [0.1, 0.15) is 20.8 Å². The first kappa shape index (κ1) is 24.8. The molecule has 0 aliphatic heterocycles. The van der Waals surface area contributed by atoms with Gasteiger partial charge in [-0.2, -0.15) is 0 Å². The van der Waals surface area contributed by atoms with Gasteiger partial charge in [0, 0.05) is 11.1 Å². The number of hydrogen-bond donors (Lipinski definition) is 1. The van der Waals surface area contributed by atoms with Gasteiger partial charge in [0.2, 0.25) is 5.88 Å². The number of anilines is 1. The Labute approximate surface area is 213 Å². The van der Waals surface area contributed by atoms with Crippen molar-refractivity contribution >= 4 is 45.2 Å². The second-order valence-corrected chi connectivity index (χ2v) is 8.99. The largest absolute Gasteiger partial charge is 0.444 e. The summed E-state index contributed by atoms with van der Waals surface area (Å²) in [4.78, 5) is 28.1. The molecule has 5 rings (SSSR count). The minimum Gasteiger partial charge on any atom is -0.444 e. The molecular formula is C27H24ClN5O3. The van der Waals surface area contributed by atoms with Crippen LogP contribution in [0.25, 0.3) is 21.8 Å². The predicted octanol–water partition coefficient (Wildman–Crippen LogP) is 7.05. The van der Waals surface area contributed by atoms with Crippen LogP contribution in [0.4, 0.5) is 10.5 Å². The van der Waals surface area contributed by atoms with E-state index < -0.39 is 11.7 Å². The molecule has 0 aliphatic carbocycles. The van der Waals surface area contributed by atoms with Gasteiger partial charge >= 0.3 is 6.09 Å². The van der Waals surface area contributed by atoms with Crippen LogP contribution in [0, 0.1) is 0 Å². The second kappa shape index (κ2) is 11.0. The van der Waals surface area contributed by atoms with Gasteiger partial charge in [-0.05, 0) is 69.3 Å². The molecule has 0 fully saturated rings. The van der Waals surface area contributed by atoms with Crippen LogP contribution in [-0.4, -0.2) is 31.6 Å². The molecule has 36 heavy (non-hydrogen) atoms. The summed E-state index contributed by atoms with van der Waals surface area (Å²) in [6.07, 6.45) is 2.43. The number of ether oxygens (including phenoxy) is 2. The molecule has 5 aromatic rings. The van der Waals surface area contributed by atoms with Crippen molar-refractivity contribution < 1.29 is 14.3 Å². The van der Waals surface area contributed by atoms with E-state index in [0.29, 0.717) is 22.5 Å². The number of halogens is 1. The molecule has 2 aromatic heterocycles. The van der Waals surface area contributed by atoms with Crippen molar-refractivity contribution in [2.45, 2.75) is 26.4 Å². The van der Waals surface area contributed by atoms with E-state index in [2.05, 4.69) is 25.3 Å². The van der Waals surface area contributed by atoms with Gasteiger partial charge < -0.3 is 9.47 Å². The maximum Gasteiger partial charge on any atom is 0.412 e. The highest BCUT2D eigenvalue weighted by Crippen LogP contribution is 2.27. The number of amides is 1. The molecule has 0 atom stereocenters. The Balaban J connectivity index is 0.000000229.